The van der Waals surface area contributed by atoms with Crippen molar-refractivity contribution in [3.8, 4) is 0 Å². The normalized spacial score (nSPS) is 32.8. The zero-order valence-corrected chi connectivity index (χ0v) is 22.7. The number of hydrogen-bond donors (Lipinski definition) is 1. The molecule has 0 radical (unpaired) electrons. The van der Waals surface area contributed by atoms with E-state index in [1.165, 1.54) is 28.5 Å². The van der Waals surface area contributed by atoms with Crippen LogP contribution in [0.4, 0.5) is 4.79 Å². The number of nitrogens with zero attached hydrogens (tertiary/aromatic N) is 1. The first-order chi connectivity index (χ1) is 18.3. The Labute approximate surface area is 224 Å². The lowest BCUT2D eigenvalue weighted by Gasteiger charge is -2.61. The minimum atomic E-state index is -0.866. The molecule has 2 fully saturated rings. The first kappa shape index (κ1) is 26.8. The van der Waals surface area contributed by atoms with Crippen LogP contribution >= 0.6 is 0 Å². The third-order valence-corrected chi connectivity index (χ3v) is 9.61. The lowest BCUT2D eigenvalue weighted by Crippen LogP contribution is -2.61. The lowest BCUT2D eigenvalue weighted by atomic mass is 9.45. The average Bonchev–Trinajstić information content (AvgIpc) is 2.89. The fraction of sp³-hybridized carbons (Fsp3) is 0.581. The fourth-order valence-electron chi connectivity index (χ4n) is 7.84. The van der Waals surface area contributed by atoms with Crippen molar-refractivity contribution in [1.29, 1.82) is 0 Å². The highest BCUT2D eigenvalue weighted by atomic mass is 16.8. The molecule has 1 N–H and O–H groups in total. The second-order valence-corrected chi connectivity index (χ2v) is 11.5. The molecule has 0 aromatic heterocycles. The summed E-state index contributed by atoms with van der Waals surface area (Å²) in [6.45, 7) is 4.57. The van der Waals surface area contributed by atoms with Gasteiger partial charge in [0.1, 0.15) is 0 Å². The summed E-state index contributed by atoms with van der Waals surface area (Å²) in [5, 5.41) is 15.7. The zero-order chi connectivity index (χ0) is 26.9. The van der Waals surface area contributed by atoms with Crippen molar-refractivity contribution in [2.24, 2.45) is 22.4 Å². The first-order valence-electron chi connectivity index (χ1n) is 13.9. The van der Waals surface area contributed by atoms with Gasteiger partial charge in [-0.1, -0.05) is 48.3 Å². The van der Waals surface area contributed by atoms with Crippen LogP contribution in [-0.2, 0) is 19.1 Å². The van der Waals surface area contributed by atoms with E-state index >= 15 is 0 Å². The summed E-state index contributed by atoms with van der Waals surface area (Å²) in [6.07, 6.45) is 9.63. The van der Waals surface area contributed by atoms with Crippen molar-refractivity contribution >= 4 is 18.2 Å². The van der Waals surface area contributed by atoms with Gasteiger partial charge < -0.3 is 14.6 Å². The van der Waals surface area contributed by atoms with Crippen LogP contribution in [0.15, 0.2) is 52.2 Å². The van der Waals surface area contributed by atoms with Gasteiger partial charge in [-0.25, -0.2) is 4.79 Å². The van der Waals surface area contributed by atoms with Gasteiger partial charge in [-0.2, -0.15) is 0 Å². The van der Waals surface area contributed by atoms with E-state index in [9.17, 15) is 14.7 Å². The Morgan fingerprint density at radius 3 is 2.71 bits per heavy atom. The van der Waals surface area contributed by atoms with Crippen LogP contribution in [0, 0.1) is 17.3 Å². The summed E-state index contributed by atoms with van der Waals surface area (Å²) < 4.78 is 10.3. The molecule has 0 amide bonds. The quantitative estimate of drug-likeness (QED) is 0.218. The number of methoxy groups -OCH3 is 1. The number of fused-ring (bicyclic) bond motifs is 4. The van der Waals surface area contributed by atoms with Crippen LogP contribution in [0.2, 0.25) is 0 Å². The predicted octanol–water partition coefficient (Wildman–Crippen LogP) is 5.86. The van der Waals surface area contributed by atoms with Crippen molar-refractivity contribution in [3.63, 3.8) is 0 Å². The molecule has 0 bridgehead atoms. The van der Waals surface area contributed by atoms with E-state index in [1.54, 1.807) is 14.0 Å². The van der Waals surface area contributed by atoms with Gasteiger partial charge in [0.05, 0.1) is 25.0 Å². The molecule has 0 saturated heterocycles. The Bertz CT molecular complexity index is 1160. The summed E-state index contributed by atoms with van der Waals surface area (Å²) in [5.74, 6) is 1.17. The third-order valence-electron chi connectivity index (χ3n) is 9.61. The Morgan fingerprint density at radius 1 is 1.18 bits per heavy atom. The molecule has 7 heteroatoms. The zero-order valence-electron chi connectivity index (χ0n) is 22.7. The molecular weight excluding hydrogens is 482 g/mol. The topological polar surface area (TPSA) is 94.4 Å². The average molecular weight is 522 g/mol. The number of aliphatic hydroxyl groups is 1. The van der Waals surface area contributed by atoms with Crippen molar-refractivity contribution in [3.05, 3.63) is 58.2 Å². The van der Waals surface area contributed by atoms with Crippen LogP contribution in [-0.4, -0.2) is 49.2 Å². The van der Waals surface area contributed by atoms with Gasteiger partial charge in [0, 0.05) is 24.9 Å². The van der Waals surface area contributed by atoms with Gasteiger partial charge in [-0.05, 0) is 85.6 Å². The second-order valence-electron chi connectivity index (χ2n) is 11.5. The largest absolute Gasteiger partial charge is 0.535 e. The Balaban J connectivity index is 1.53. The molecule has 4 aliphatic carbocycles. The number of carbonyl (C=O) groups is 2. The minimum Gasteiger partial charge on any atom is -0.433 e. The van der Waals surface area contributed by atoms with Gasteiger partial charge in [0.2, 0.25) is 0 Å². The summed E-state index contributed by atoms with van der Waals surface area (Å²) in [5.41, 5.74) is 4.98. The van der Waals surface area contributed by atoms with Gasteiger partial charge in [0.25, 0.3) is 0 Å². The summed E-state index contributed by atoms with van der Waals surface area (Å²) >= 11 is 0. The first-order valence-corrected chi connectivity index (χ1v) is 13.9. The van der Waals surface area contributed by atoms with Crippen LogP contribution < -0.4 is 0 Å². The molecule has 0 heterocycles. The van der Waals surface area contributed by atoms with Gasteiger partial charge >= 0.3 is 6.16 Å². The summed E-state index contributed by atoms with van der Waals surface area (Å²) in [7, 11) is 1.68. The van der Waals surface area contributed by atoms with E-state index in [4.69, 9.17) is 14.3 Å². The monoisotopic (exact) mass is 521 g/mol. The lowest BCUT2D eigenvalue weighted by molar-refractivity contribution is -0.187. The Kier molecular flexibility index (Phi) is 7.60. The van der Waals surface area contributed by atoms with Crippen molar-refractivity contribution in [2.45, 2.75) is 76.7 Å². The van der Waals surface area contributed by atoms with Crippen molar-refractivity contribution < 1.29 is 29.0 Å². The molecule has 4 aliphatic rings. The van der Waals surface area contributed by atoms with E-state index in [-0.39, 0.29) is 23.7 Å². The van der Waals surface area contributed by atoms with Gasteiger partial charge in [0.15, 0.2) is 5.78 Å². The Morgan fingerprint density at radius 2 is 1.97 bits per heavy atom. The highest BCUT2D eigenvalue weighted by Crippen LogP contribution is 2.65. The molecule has 0 spiro atoms. The molecule has 5 atom stereocenters. The molecule has 7 nitrogen and oxygen atoms in total. The SMILES string of the molecule is CCOC(=O)O/N=C/c1ccc([C@H]2C[C@@]3(C)C(CCC[C@@]3(O)COC)C3CCC4=CC(=O)CCC4=C32)cc1. The number of hydrogen-bond acceptors (Lipinski definition) is 7. The summed E-state index contributed by atoms with van der Waals surface area (Å²) in [6, 6.07) is 8.20. The fourth-order valence-corrected chi connectivity index (χ4v) is 7.84. The molecule has 5 rings (SSSR count). The number of ether oxygens (including phenoxy) is 2. The number of rotatable bonds is 6. The highest BCUT2D eigenvalue weighted by Gasteiger charge is 2.60. The number of oxime groups is 1. The van der Waals surface area contributed by atoms with Gasteiger partial charge in [-0.15, -0.1) is 0 Å². The predicted molar refractivity (Wildman–Crippen MR) is 144 cm³/mol. The van der Waals surface area contributed by atoms with Crippen LogP contribution in [0.1, 0.15) is 82.3 Å². The van der Waals surface area contributed by atoms with E-state index in [2.05, 4.69) is 24.2 Å². The van der Waals surface area contributed by atoms with Crippen LogP contribution in [0.5, 0.6) is 0 Å². The van der Waals surface area contributed by atoms with Gasteiger partial charge in [-0.3, -0.25) is 9.63 Å². The maximum Gasteiger partial charge on any atom is 0.535 e. The third kappa shape index (κ3) is 4.75. The highest BCUT2D eigenvalue weighted by molar-refractivity contribution is 5.93. The maximum absolute atomic E-state index is 12.3. The molecule has 2 saturated carbocycles. The molecule has 2 unspecified atom stereocenters. The second kappa shape index (κ2) is 10.8. The number of benzene rings is 1. The smallest absolute Gasteiger partial charge is 0.433 e. The number of carbonyl (C=O) groups excluding carboxylic acids is 2. The molecule has 204 valence electrons. The van der Waals surface area contributed by atoms with Crippen molar-refractivity contribution in [1.82, 2.24) is 0 Å². The molecule has 0 aliphatic heterocycles. The number of allylic oxidation sites excluding steroid dienone is 4. The molecule has 1 aromatic carbocycles. The van der Waals surface area contributed by atoms with E-state index < -0.39 is 11.8 Å². The van der Waals surface area contributed by atoms with Crippen LogP contribution in [0.3, 0.4) is 0 Å². The van der Waals surface area contributed by atoms with Crippen LogP contribution in [0.25, 0.3) is 0 Å². The molecule has 38 heavy (non-hydrogen) atoms. The maximum atomic E-state index is 12.3. The summed E-state index contributed by atoms with van der Waals surface area (Å²) in [4.78, 5) is 28.4. The van der Waals surface area contributed by atoms with Crippen molar-refractivity contribution in [2.75, 3.05) is 20.3 Å². The molecular formula is C31H39NO6. The Hall–Kier alpha value is -2.77. The van der Waals surface area contributed by atoms with E-state index in [0.29, 0.717) is 24.9 Å². The molecule has 1 aromatic rings. The number of ketones is 1. The van der Waals surface area contributed by atoms with E-state index in [1.807, 2.05) is 18.2 Å². The standard InChI is InChI=1S/C31H39NO6/c1-4-37-29(34)38-32-18-20-7-9-21(10-8-20)26-17-30(2)27(6-5-15-31(30,35)19-36-3)25-13-11-22-16-23(33)12-14-24(22)28(25)26/h7-10,16,18,25-27,35H,4-6,11-15,17,19H2,1-3H3/b32-18+/t25?,26-,27?,30+,31-/m1/s1. The minimum absolute atomic E-state index is 0.149. The van der Waals surface area contributed by atoms with E-state index in [0.717, 1.165) is 50.5 Å².